The number of hydrogen-bond donors (Lipinski definition) is 0. The van der Waals surface area contributed by atoms with Gasteiger partial charge in [-0.3, -0.25) is 0 Å². The molecule has 0 aromatic heterocycles. The Morgan fingerprint density at radius 2 is 1.19 bits per heavy atom. The van der Waals surface area contributed by atoms with E-state index in [-0.39, 0.29) is 15.1 Å². The maximum absolute atomic E-state index is 7.50. The second-order valence-electron chi connectivity index (χ2n) is 5.01. The van der Waals surface area contributed by atoms with Crippen molar-refractivity contribution in [1.29, 1.82) is 0 Å². The van der Waals surface area contributed by atoms with Crippen LogP contribution >= 0.6 is 19.4 Å². The number of hydrogen-bond acceptors (Lipinski definition) is 0. The van der Waals surface area contributed by atoms with Crippen LogP contribution in [0.1, 0.15) is 47.5 Å². The Morgan fingerprint density at radius 3 is 1.48 bits per heavy atom. The molecule has 0 saturated heterocycles. The van der Waals surface area contributed by atoms with E-state index in [1.54, 1.807) is 0 Å². The number of rotatable bonds is 1. The van der Waals surface area contributed by atoms with Gasteiger partial charge in [0.2, 0.25) is 0 Å². The predicted molar refractivity (Wildman–Crippen MR) is 78.5 cm³/mol. The molecule has 0 radical (unpaired) electrons. The molecule has 0 bridgehead atoms. The van der Waals surface area contributed by atoms with Gasteiger partial charge >= 0.3 is 68.4 Å². The van der Waals surface area contributed by atoms with Crippen molar-refractivity contribution in [3.8, 4) is 0 Å². The van der Waals surface area contributed by atoms with Crippen LogP contribution in [0.5, 0.6) is 0 Å². The van der Waals surface area contributed by atoms with E-state index in [1.165, 1.54) is 12.8 Å². The fourth-order valence-electron chi connectivity index (χ4n) is 2.87. The molecule has 1 aliphatic carbocycles. The predicted octanol–water partition coefficient (Wildman–Crippen LogP) is 5.22. The van der Waals surface area contributed by atoms with Gasteiger partial charge in [0.1, 0.15) is 0 Å². The van der Waals surface area contributed by atoms with Crippen molar-refractivity contribution in [2.45, 2.75) is 47.5 Å². The summed E-state index contributed by atoms with van der Waals surface area (Å²) in [4.78, 5) is 0. The quantitative estimate of drug-likeness (QED) is 0.315. The van der Waals surface area contributed by atoms with Crippen LogP contribution in [0, 0.1) is 49.5 Å². The molecule has 1 rings (SSSR count). The second-order valence-corrected chi connectivity index (χ2v) is 7.65. The van der Waals surface area contributed by atoms with E-state index < -0.39 is 0 Å². The van der Waals surface area contributed by atoms with E-state index in [2.05, 4.69) is 54.6 Å². The molecule has 0 aromatic rings. The summed E-state index contributed by atoms with van der Waals surface area (Å²) in [5.74, 6) is 4.75. The van der Waals surface area contributed by atoms with Gasteiger partial charge in [0.25, 0.3) is 0 Å². The van der Waals surface area contributed by atoms with Crippen molar-refractivity contribution < 1.29 is 29.1 Å². The molecule has 21 heavy (non-hydrogen) atoms. The first-order valence-electron chi connectivity index (χ1n) is 6.45. The van der Waals surface area contributed by atoms with Crippen LogP contribution in [-0.2, 0) is 29.1 Å². The van der Waals surface area contributed by atoms with Crippen LogP contribution in [0.25, 0.3) is 0 Å². The Bertz CT molecular complexity index is 250. The summed E-state index contributed by atoms with van der Waals surface area (Å²) < 4.78 is 22.5. The Hall–Kier alpha value is 0.423. The first kappa shape index (κ1) is 29.4. The van der Waals surface area contributed by atoms with Crippen molar-refractivity contribution in [3.63, 3.8) is 0 Å². The molecule has 3 nitrogen and oxygen atoms in total. The maximum atomic E-state index is 7.50. The molecular weight excluding hydrogens is 400 g/mol. The zero-order valence-electron chi connectivity index (χ0n) is 13.1. The molecule has 1 fully saturated rings. The van der Waals surface area contributed by atoms with Crippen molar-refractivity contribution >= 4 is 19.4 Å². The summed E-state index contributed by atoms with van der Waals surface area (Å²) in [7, 11) is 9.71. The van der Waals surface area contributed by atoms with Crippen molar-refractivity contribution in [2.75, 3.05) is 0 Å². The van der Waals surface area contributed by atoms with Gasteiger partial charge in [0.15, 0.2) is 0 Å². The van der Waals surface area contributed by atoms with Crippen molar-refractivity contribution in [2.24, 2.45) is 29.6 Å². The van der Waals surface area contributed by atoms with E-state index in [1.807, 2.05) is 0 Å². The van der Waals surface area contributed by atoms with E-state index in [0.29, 0.717) is 0 Å². The molecule has 0 spiro atoms. The Kier molecular flexibility index (Phi) is 31.8. The van der Waals surface area contributed by atoms with Crippen molar-refractivity contribution in [3.05, 3.63) is 20.0 Å². The van der Waals surface area contributed by atoms with Crippen LogP contribution in [0.3, 0.4) is 0 Å². The minimum atomic E-state index is -0.346. The monoisotopic (exact) mass is 424 g/mol. The first-order chi connectivity index (χ1) is 9.99. The SMILES string of the molecule is CC[C@@H]1C[C@H](C)[C@H](C)[C@H](C)[C@H]1C.[C-]#[O+].[C-]#[O+].[C-]#[O+].[Cl][Ru][Cl]. The third kappa shape index (κ3) is 13.8. The van der Waals surface area contributed by atoms with Gasteiger partial charge in [-0.1, -0.05) is 41.0 Å². The fourth-order valence-corrected chi connectivity index (χ4v) is 2.87. The Labute approximate surface area is 145 Å². The van der Waals surface area contributed by atoms with E-state index >= 15 is 0 Å². The molecule has 1 aliphatic rings. The summed E-state index contributed by atoms with van der Waals surface area (Å²) in [5.41, 5.74) is 0. The normalized spacial score (nSPS) is 29.5. The van der Waals surface area contributed by atoms with Crippen LogP contribution in [0.4, 0.5) is 0 Å². The molecule has 1 saturated carbocycles. The van der Waals surface area contributed by atoms with Gasteiger partial charge in [-0.15, -0.1) is 0 Å². The van der Waals surface area contributed by atoms with E-state index in [4.69, 9.17) is 33.3 Å². The Balaban J connectivity index is -0.000000136. The standard InChI is InChI=1S/C12H24.3CO.2ClH.Ru/c1-6-12-7-8(2)9(3)10(4)11(12)5;3*1-2;;;/h8-12H,6-7H2,1-5H3;;;;2*1H;/q;;;;;;+2/p-2/t8-,9-,10-,11+,12+;;;;;;/m0....../s1. The molecule has 5 atom stereocenters. The molecule has 6 heteroatoms. The molecule has 0 amide bonds. The zero-order valence-corrected chi connectivity index (χ0v) is 16.4. The number of halogens is 2. The Morgan fingerprint density at radius 1 is 0.857 bits per heavy atom. The molecule has 0 aliphatic heterocycles. The van der Waals surface area contributed by atoms with Gasteiger partial charge < -0.3 is 0 Å². The van der Waals surface area contributed by atoms with Gasteiger partial charge in [-0.2, -0.15) is 0 Å². The minimum absolute atomic E-state index is 0.346. The zero-order chi connectivity index (χ0) is 18.0. The summed E-state index contributed by atoms with van der Waals surface area (Å²) in [5, 5.41) is 0. The molecular formula is C15H24Cl2O3Ru. The van der Waals surface area contributed by atoms with Crippen LogP contribution in [0.15, 0.2) is 0 Å². The third-order valence-electron chi connectivity index (χ3n) is 4.50. The molecule has 0 aromatic carbocycles. The summed E-state index contributed by atoms with van der Waals surface area (Å²) in [6.45, 7) is 25.6. The van der Waals surface area contributed by atoms with Crippen molar-refractivity contribution in [1.82, 2.24) is 0 Å². The second kappa shape index (κ2) is 22.7. The topological polar surface area (TPSA) is 59.7 Å². The first-order valence-corrected chi connectivity index (χ1v) is 10.9. The molecule has 124 valence electrons. The van der Waals surface area contributed by atoms with E-state index in [9.17, 15) is 0 Å². The fraction of sp³-hybridized carbons (Fsp3) is 0.800. The van der Waals surface area contributed by atoms with Gasteiger partial charge in [-0.05, 0) is 36.0 Å². The molecule has 0 heterocycles. The average molecular weight is 424 g/mol. The summed E-state index contributed by atoms with van der Waals surface area (Å²) in [6, 6.07) is 0. The van der Waals surface area contributed by atoms with Gasteiger partial charge in [0.05, 0.1) is 0 Å². The van der Waals surface area contributed by atoms with Gasteiger partial charge in [0, 0.05) is 0 Å². The summed E-state index contributed by atoms with van der Waals surface area (Å²) in [6.07, 6.45) is 2.84. The van der Waals surface area contributed by atoms with Crippen LogP contribution < -0.4 is 0 Å². The average Bonchev–Trinajstić information content (AvgIpc) is 2.55. The summed E-state index contributed by atoms with van der Waals surface area (Å²) >= 11 is -0.346. The third-order valence-corrected chi connectivity index (χ3v) is 4.50. The van der Waals surface area contributed by atoms with E-state index in [0.717, 1.165) is 29.6 Å². The molecule has 0 unspecified atom stereocenters. The van der Waals surface area contributed by atoms with Crippen LogP contribution in [-0.4, -0.2) is 0 Å². The van der Waals surface area contributed by atoms with Crippen LogP contribution in [0.2, 0.25) is 0 Å². The van der Waals surface area contributed by atoms with Gasteiger partial charge in [-0.25, -0.2) is 0 Å². The molecule has 0 N–H and O–H groups in total.